The fourth-order valence-electron chi connectivity index (χ4n) is 5.36. The Bertz CT molecular complexity index is 2470. The Morgan fingerprint density at radius 2 is 1.08 bits per heavy atom. The van der Waals surface area contributed by atoms with Crippen LogP contribution in [0.4, 0.5) is 11.6 Å². The number of aromatic nitrogens is 4. The fraction of sp³-hybridized carbons (Fsp3) is 0.190. The van der Waals surface area contributed by atoms with Crippen molar-refractivity contribution in [2.75, 3.05) is 36.8 Å². The lowest BCUT2D eigenvalue weighted by Gasteiger charge is -2.11. The van der Waals surface area contributed by atoms with Crippen molar-refractivity contribution in [2.24, 2.45) is 0 Å². The minimum absolute atomic E-state index is 0.129. The number of nitrogens with zero attached hydrogens (tertiary/aromatic N) is 4. The van der Waals surface area contributed by atoms with Crippen molar-refractivity contribution in [1.82, 2.24) is 19.1 Å². The van der Waals surface area contributed by atoms with Crippen LogP contribution in [0.15, 0.2) is 107 Å². The van der Waals surface area contributed by atoms with E-state index in [9.17, 15) is 19.2 Å². The summed E-state index contributed by atoms with van der Waals surface area (Å²) in [5.74, 6) is -1.12. The summed E-state index contributed by atoms with van der Waals surface area (Å²) in [5, 5.41) is 4.79. The highest BCUT2D eigenvalue weighted by molar-refractivity contribution is 7.98. The number of halogens is 5. The Kier molecular flexibility index (Phi) is 19.4. The van der Waals surface area contributed by atoms with Crippen LogP contribution in [-0.4, -0.2) is 67.9 Å². The van der Waals surface area contributed by atoms with E-state index in [1.807, 2.05) is 73.2 Å². The number of carbonyl (C=O) groups excluding carboxylic acids is 4. The predicted octanol–water partition coefficient (Wildman–Crippen LogP) is 11.2. The number of imidazole rings is 2. The van der Waals surface area contributed by atoms with E-state index in [4.69, 9.17) is 73.2 Å². The van der Waals surface area contributed by atoms with Crippen molar-refractivity contribution in [1.29, 1.82) is 0 Å². The Morgan fingerprint density at radius 3 is 1.54 bits per heavy atom. The third-order valence-electron chi connectivity index (χ3n) is 8.12. The number of carbonyl (C=O) groups is 4. The van der Waals surface area contributed by atoms with Gasteiger partial charge >= 0.3 is 11.9 Å². The number of esters is 2. The number of nitrogens with one attached hydrogen (secondary N) is 1. The molecule has 3 N–H and O–H groups in total. The first-order chi connectivity index (χ1) is 29.2. The van der Waals surface area contributed by atoms with Gasteiger partial charge in [-0.05, 0) is 85.5 Å². The number of rotatable bonds is 13. The molecule has 4 aromatic carbocycles. The zero-order valence-electron chi connectivity index (χ0n) is 33.1. The lowest BCUT2D eigenvalue weighted by molar-refractivity contribution is 0.0505. The first kappa shape index (κ1) is 49.0. The zero-order chi connectivity index (χ0) is 44.6. The van der Waals surface area contributed by atoms with Gasteiger partial charge in [0.05, 0.1) is 46.4 Å². The van der Waals surface area contributed by atoms with Crippen molar-refractivity contribution >= 4 is 116 Å². The molecule has 6 rings (SSSR count). The predicted molar refractivity (Wildman–Crippen MR) is 246 cm³/mol. The third-order valence-corrected chi connectivity index (χ3v) is 11.2. The van der Waals surface area contributed by atoms with Crippen molar-refractivity contribution in [3.63, 3.8) is 0 Å². The summed E-state index contributed by atoms with van der Waals surface area (Å²) < 4.78 is 13.8. The molecule has 0 saturated carbocycles. The first-order valence-electron chi connectivity index (χ1n) is 18.1. The molecule has 0 saturated heterocycles. The van der Waals surface area contributed by atoms with E-state index in [0.717, 1.165) is 11.1 Å². The molecule has 2 aromatic heterocycles. The van der Waals surface area contributed by atoms with Crippen LogP contribution in [0.1, 0.15) is 66.7 Å². The highest BCUT2D eigenvalue weighted by Gasteiger charge is 2.26. The Labute approximate surface area is 386 Å². The van der Waals surface area contributed by atoms with E-state index in [1.165, 1.54) is 53.9 Å². The molecule has 0 spiro atoms. The van der Waals surface area contributed by atoms with Gasteiger partial charge in [0.1, 0.15) is 0 Å². The van der Waals surface area contributed by atoms with E-state index in [0.29, 0.717) is 61.9 Å². The molecule has 6 aromatic rings. The van der Waals surface area contributed by atoms with Crippen LogP contribution >= 0.6 is 81.5 Å². The maximum atomic E-state index is 12.8. The number of nitrogens with two attached hydrogens (primary N) is 1. The number of hydrogen-bond donors (Lipinski definition) is 2. The van der Waals surface area contributed by atoms with E-state index in [1.54, 1.807) is 29.0 Å². The average Bonchev–Trinajstić information content (AvgIpc) is 3.76. The number of thioether (sulfide) groups is 2. The lowest BCUT2D eigenvalue weighted by atomic mass is 10.2. The minimum Gasteiger partial charge on any atom is -0.461 e. The summed E-state index contributed by atoms with van der Waals surface area (Å²) in [6.07, 6.45) is 3.75. The summed E-state index contributed by atoms with van der Waals surface area (Å²) in [4.78, 5) is 56.8. The molecule has 0 radical (unpaired) electrons. The number of nitrogen functional groups attached to an aromatic ring is 1. The normalized spacial score (nSPS) is 10.4. The summed E-state index contributed by atoms with van der Waals surface area (Å²) in [7, 11) is 0. The topological polar surface area (TPSA) is 160 Å². The maximum Gasteiger partial charge on any atom is 0.358 e. The van der Waals surface area contributed by atoms with Crippen LogP contribution in [0.5, 0.6) is 0 Å². The molecule has 2 heterocycles. The first-order valence-corrected chi connectivity index (χ1v) is 22.4. The van der Waals surface area contributed by atoms with Crippen LogP contribution < -0.4 is 11.1 Å². The number of benzene rings is 4. The summed E-state index contributed by atoms with van der Waals surface area (Å²) >= 11 is 31.2. The largest absolute Gasteiger partial charge is 0.461 e. The van der Waals surface area contributed by atoms with Gasteiger partial charge in [0, 0.05) is 11.1 Å². The lowest BCUT2D eigenvalue weighted by Crippen LogP contribution is -2.18. The van der Waals surface area contributed by atoms with Gasteiger partial charge in [0.15, 0.2) is 33.3 Å². The van der Waals surface area contributed by atoms with E-state index in [-0.39, 0.29) is 29.0 Å². The van der Waals surface area contributed by atoms with Crippen LogP contribution in [-0.2, 0) is 22.6 Å². The van der Waals surface area contributed by atoms with Crippen LogP contribution in [0.25, 0.3) is 0 Å². The number of amides is 1. The van der Waals surface area contributed by atoms with E-state index < -0.39 is 23.1 Å². The van der Waals surface area contributed by atoms with Gasteiger partial charge in [-0.2, -0.15) is 0 Å². The number of anilines is 2. The molecule has 61 heavy (non-hydrogen) atoms. The average molecular weight is 965 g/mol. The SMILES string of the molecule is CCOC(=O)c1c(N)nc(SC)n1Cc1ccccc1.CCOC(=O)c1c(NC(=O)c2ccc(Cl)c(Cl)c2)nc(SC)n1Cc1ccccc1.O=C(Cl)c1ccc(Cl)c(Cl)c1. The Balaban J connectivity index is 0.000000226. The van der Waals surface area contributed by atoms with Crippen molar-refractivity contribution in [2.45, 2.75) is 37.2 Å². The maximum absolute atomic E-state index is 12.8. The van der Waals surface area contributed by atoms with Crippen LogP contribution in [0.2, 0.25) is 20.1 Å². The zero-order valence-corrected chi connectivity index (χ0v) is 38.5. The molecule has 1 amide bonds. The quantitative estimate of drug-likeness (QED) is 0.0644. The van der Waals surface area contributed by atoms with E-state index >= 15 is 0 Å². The van der Waals surface area contributed by atoms with Crippen molar-refractivity contribution < 1.29 is 28.7 Å². The second-order valence-electron chi connectivity index (χ2n) is 12.2. The van der Waals surface area contributed by atoms with Gasteiger partial charge in [-0.3, -0.25) is 9.59 Å². The molecule has 19 heteroatoms. The molecule has 0 unspecified atom stereocenters. The fourth-order valence-corrected chi connectivity index (χ4v) is 7.20. The molecule has 0 aliphatic carbocycles. The van der Waals surface area contributed by atoms with Crippen molar-refractivity contribution in [3.05, 3.63) is 151 Å². The molecule has 0 fully saturated rings. The Morgan fingerprint density at radius 1 is 0.639 bits per heavy atom. The molecular weight excluding hydrogens is 926 g/mol. The molecule has 0 bridgehead atoms. The van der Waals surface area contributed by atoms with Gasteiger partial charge in [0.25, 0.3) is 11.1 Å². The summed E-state index contributed by atoms with van der Waals surface area (Å²) in [6.45, 7) is 4.93. The van der Waals surface area contributed by atoms with Gasteiger partial charge in [-0.15, -0.1) is 0 Å². The summed E-state index contributed by atoms with van der Waals surface area (Å²) in [6, 6.07) is 28.5. The monoisotopic (exact) mass is 962 g/mol. The van der Waals surface area contributed by atoms with Gasteiger partial charge < -0.3 is 29.7 Å². The van der Waals surface area contributed by atoms with Gasteiger partial charge in [-0.25, -0.2) is 19.6 Å². The second kappa shape index (κ2) is 24.1. The summed E-state index contributed by atoms with van der Waals surface area (Å²) in [5.41, 5.74) is 9.06. The van der Waals surface area contributed by atoms with Crippen LogP contribution in [0, 0.1) is 0 Å². The number of hydrogen-bond acceptors (Lipinski definition) is 11. The van der Waals surface area contributed by atoms with Gasteiger partial charge in [0.2, 0.25) is 0 Å². The smallest absolute Gasteiger partial charge is 0.358 e. The molecule has 0 aliphatic rings. The highest BCUT2D eigenvalue weighted by atomic mass is 35.5. The van der Waals surface area contributed by atoms with E-state index in [2.05, 4.69) is 15.3 Å². The third kappa shape index (κ3) is 13.7. The van der Waals surface area contributed by atoms with Gasteiger partial charge in [-0.1, -0.05) is 131 Å². The Hall–Kier alpha value is -4.67. The molecule has 320 valence electrons. The molecule has 0 atom stereocenters. The molecular formula is C42H39Cl5N6O6S2. The molecule has 12 nitrogen and oxygen atoms in total. The minimum atomic E-state index is -0.564. The van der Waals surface area contributed by atoms with Crippen molar-refractivity contribution in [3.8, 4) is 0 Å². The standard InChI is InChI=1S/C21H19Cl2N3O3S.C14H17N3O2S.C7H3Cl3O/c1-3-29-20(28)17-18(24-19(27)14-9-10-15(22)16(23)11-14)25-21(30-2)26(17)12-13-7-5-4-6-8-13;1-3-19-13(18)11-12(15)16-14(20-2)17(11)9-10-7-5-4-6-8-10;8-5-2-1-4(7(10)11)3-6(5)9/h4-11H,3,12H2,1-2H3,(H,24,27);4-8H,3,9,15H2,1-2H3;1-3H. The van der Waals surface area contributed by atoms with Crippen LogP contribution in [0.3, 0.4) is 0 Å². The molecule has 0 aliphatic heterocycles. The number of ether oxygens (including phenoxy) is 2. The second-order valence-corrected chi connectivity index (χ2v) is 15.7. The highest BCUT2D eigenvalue weighted by Crippen LogP contribution is 2.29.